The molecule has 0 saturated carbocycles. The van der Waals surface area contributed by atoms with Gasteiger partial charge >= 0.3 is 0 Å². The summed E-state index contributed by atoms with van der Waals surface area (Å²) in [6.45, 7) is 6.85. The maximum atomic E-state index is 5.46. The molecule has 1 aromatic heterocycles. The molecule has 4 rings (SSSR count). The second kappa shape index (κ2) is 12.6. The van der Waals surface area contributed by atoms with Gasteiger partial charge < -0.3 is 19.1 Å². The lowest BCUT2D eigenvalue weighted by Crippen LogP contribution is -2.48. The Morgan fingerprint density at radius 2 is 1.64 bits per heavy atom. The predicted octanol–water partition coefficient (Wildman–Crippen LogP) is 4.00. The SMILES string of the molecule is CCCC[C@@H](c1nnnn1CCc1ccc(OC)c(OC)c1)N1CCN(c2ccc(OC)cc2)CC1. The zero-order valence-corrected chi connectivity index (χ0v) is 21.9. The molecule has 0 radical (unpaired) electrons. The third kappa shape index (κ3) is 6.07. The van der Waals surface area contributed by atoms with Crippen molar-refractivity contribution in [1.29, 1.82) is 0 Å². The third-order valence-corrected chi connectivity index (χ3v) is 6.94. The van der Waals surface area contributed by atoms with Crippen LogP contribution in [0.5, 0.6) is 17.2 Å². The Morgan fingerprint density at radius 3 is 2.31 bits per heavy atom. The van der Waals surface area contributed by atoms with E-state index in [1.165, 1.54) is 5.69 Å². The van der Waals surface area contributed by atoms with Gasteiger partial charge in [0, 0.05) is 38.4 Å². The average molecular weight is 495 g/mol. The van der Waals surface area contributed by atoms with E-state index < -0.39 is 0 Å². The Morgan fingerprint density at radius 1 is 0.889 bits per heavy atom. The van der Waals surface area contributed by atoms with Crippen LogP contribution < -0.4 is 19.1 Å². The van der Waals surface area contributed by atoms with E-state index in [-0.39, 0.29) is 6.04 Å². The molecule has 1 saturated heterocycles. The molecule has 9 heteroatoms. The number of rotatable bonds is 12. The summed E-state index contributed by atoms with van der Waals surface area (Å²) in [4.78, 5) is 4.99. The summed E-state index contributed by atoms with van der Waals surface area (Å²) in [7, 11) is 5.01. The lowest BCUT2D eigenvalue weighted by Gasteiger charge is -2.39. The van der Waals surface area contributed by atoms with Crippen molar-refractivity contribution in [2.45, 2.75) is 45.2 Å². The molecule has 0 N–H and O–H groups in total. The van der Waals surface area contributed by atoms with Crippen LogP contribution in [0.2, 0.25) is 0 Å². The van der Waals surface area contributed by atoms with Crippen LogP contribution in [-0.2, 0) is 13.0 Å². The standard InChI is InChI=1S/C27H38N6O3/c1-5-6-7-24(32-18-16-31(17-19-32)22-9-11-23(34-2)12-10-22)27-28-29-30-33(27)15-14-21-8-13-25(35-3)26(20-21)36-4/h8-13,20,24H,5-7,14-19H2,1-4H3/t24-/m0/s1. The van der Waals surface area contributed by atoms with Gasteiger partial charge in [-0.05, 0) is 65.2 Å². The topological polar surface area (TPSA) is 77.8 Å². The van der Waals surface area contributed by atoms with E-state index in [2.05, 4.69) is 50.4 Å². The molecule has 1 aliphatic rings. The zero-order chi connectivity index (χ0) is 25.3. The molecule has 9 nitrogen and oxygen atoms in total. The fraction of sp³-hybridized carbons (Fsp3) is 0.519. The quantitative estimate of drug-likeness (QED) is 0.374. The van der Waals surface area contributed by atoms with Gasteiger partial charge in [0.25, 0.3) is 0 Å². The molecule has 36 heavy (non-hydrogen) atoms. The molecule has 0 amide bonds. The van der Waals surface area contributed by atoms with Gasteiger partial charge in [0.1, 0.15) is 5.75 Å². The van der Waals surface area contributed by atoms with Crippen LogP contribution in [0.25, 0.3) is 0 Å². The molecule has 0 spiro atoms. The summed E-state index contributed by atoms with van der Waals surface area (Å²) in [5, 5.41) is 12.9. The molecule has 3 aromatic rings. The lowest BCUT2D eigenvalue weighted by molar-refractivity contribution is 0.162. The summed E-state index contributed by atoms with van der Waals surface area (Å²) < 4.78 is 18.1. The number of aromatic nitrogens is 4. The first-order chi connectivity index (χ1) is 17.7. The second-order valence-corrected chi connectivity index (χ2v) is 9.08. The van der Waals surface area contributed by atoms with Gasteiger partial charge in [-0.15, -0.1) is 5.10 Å². The fourth-order valence-corrected chi connectivity index (χ4v) is 4.84. The average Bonchev–Trinajstić information content (AvgIpc) is 3.40. The molecular formula is C27H38N6O3. The first-order valence-corrected chi connectivity index (χ1v) is 12.8. The molecule has 2 aromatic carbocycles. The van der Waals surface area contributed by atoms with Crippen molar-refractivity contribution >= 4 is 5.69 Å². The van der Waals surface area contributed by atoms with Crippen LogP contribution >= 0.6 is 0 Å². The van der Waals surface area contributed by atoms with Gasteiger partial charge in [-0.2, -0.15) is 0 Å². The fourth-order valence-electron chi connectivity index (χ4n) is 4.84. The predicted molar refractivity (Wildman–Crippen MR) is 140 cm³/mol. The van der Waals surface area contributed by atoms with Crippen LogP contribution in [0.1, 0.15) is 43.6 Å². The summed E-state index contributed by atoms with van der Waals surface area (Å²) in [6, 6.07) is 14.6. The van der Waals surface area contributed by atoms with Crippen LogP contribution in [0.4, 0.5) is 5.69 Å². The maximum Gasteiger partial charge on any atom is 0.168 e. The molecular weight excluding hydrogens is 456 g/mol. The number of ether oxygens (including phenoxy) is 3. The van der Waals surface area contributed by atoms with E-state index in [4.69, 9.17) is 14.2 Å². The number of hydrogen-bond donors (Lipinski definition) is 0. The van der Waals surface area contributed by atoms with Crippen molar-refractivity contribution in [2.24, 2.45) is 0 Å². The maximum absolute atomic E-state index is 5.46. The lowest BCUT2D eigenvalue weighted by atomic mass is 10.1. The van der Waals surface area contributed by atoms with Crippen molar-refractivity contribution in [1.82, 2.24) is 25.1 Å². The van der Waals surface area contributed by atoms with Crippen molar-refractivity contribution in [3.05, 3.63) is 53.9 Å². The molecule has 194 valence electrons. The molecule has 0 bridgehead atoms. The van der Waals surface area contributed by atoms with Gasteiger partial charge in [-0.25, -0.2) is 4.68 Å². The number of aryl methyl sites for hydroxylation is 2. The number of anilines is 1. The van der Waals surface area contributed by atoms with Crippen molar-refractivity contribution in [3.63, 3.8) is 0 Å². The highest BCUT2D eigenvalue weighted by molar-refractivity contribution is 5.49. The molecule has 1 aliphatic heterocycles. The Hall–Kier alpha value is -3.33. The van der Waals surface area contributed by atoms with Crippen molar-refractivity contribution < 1.29 is 14.2 Å². The first kappa shape index (κ1) is 25.8. The zero-order valence-electron chi connectivity index (χ0n) is 21.9. The highest BCUT2D eigenvalue weighted by atomic mass is 16.5. The van der Waals surface area contributed by atoms with E-state index >= 15 is 0 Å². The molecule has 0 aliphatic carbocycles. The monoisotopic (exact) mass is 494 g/mol. The Balaban J connectivity index is 1.43. The first-order valence-electron chi connectivity index (χ1n) is 12.8. The number of benzene rings is 2. The second-order valence-electron chi connectivity index (χ2n) is 9.08. The van der Waals surface area contributed by atoms with Crippen molar-refractivity contribution in [3.8, 4) is 17.2 Å². The van der Waals surface area contributed by atoms with Crippen LogP contribution in [0.3, 0.4) is 0 Å². The number of methoxy groups -OCH3 is 3. The number of piperazine rings is 1. The highest BCUT2D eigenvalue weighted by Gasteiger charge is 2.29. The minimum absolute atomic E-state index is 0.211. The van der Waals surface area contributed by atoms with Crippen LogP contribution in [0, 0.1) is 0 Å². The van der Waals surface area contributed by atoms with Gasteiger partial charge in [-0.3, -0.25) is 4.90 Å². The minimum atomic E-state index is 0.211. The number of tetrazole rings is 1. The summed E-state index contributed by atoms with van der Waals surface area (Å²) in [5.41, 5.74) is 2.40. The van der Waals surface area contributed by atoms with Gasteiger partial charge in [0.15, 0.2) is 17.3 Å². The Bertz CT molecular complexity index is 1080. The number of unbranched alkanes of at least 4 members (excludes halogenated alkanes) is 1. The largest absolute Gasteiger partial charge is 0.497 e. The Labute approximate surface area is 213 Å². The van der Waals surface area contributed by atoms with Crippen LogP contribution in [-0.4, -0.2) is 72.6 Å². The van der Waals surface area contributed by atoms with E-state index in [0.29, 0.717) is 6.54 Å². The van der Waals surface area contributed by atoms with E-state index in [1.807, 2.05) is 28.9 Å². The molecule has 1 fully saturated rings. The number of hydrogen-bond acceptors (Lipinski definition) is 8. The van der Waals surface area contributed by atoms with E-state index in [1.54, 1.807) is 21.3 Å². The molecule has 1 atom stereocenters. The Kier molecular flexibility index (Phi) is 9.00. The van der Waals surface area contributed by atoms with Crippen LogP contribution in [0.15, 0.2) is 42.5 Å². The third-order valence-electron chi connectivity index (χ3n) is 6.94. The highest BCUT2D eigenvalue weighted by Crippen LogP contribution is 2.30. The van der Waals surface area contributed by atoms with Gasteiger partial charge in [0.2, 0.25) is 0 Å². The van der Waals surface area contributed by atoms with Gasteiger partial charge in [0.05, 0.1) is 27.4 Å². The summed E-state index contributed by atoms with van der Waals surface area (Å²) in [6.07, 6.45) is 4.15. The van der Waals surface area contributed by atoms with E-state index in [9.17, 15) is 0 Å². The molecule has 2 heterocycles. The number of nitrogens with zero attached hydrogens (tertiary/aromatic N) is 6. The summed E-state index contributed by atoms with van der Waals surface area (Å²) >= 11 is 0. The van der Waals surface area contributed by atoms with Gasteiger partial charge in [-0.1, -0.05) is 25.8 Å². The van der Waals surface area contributed by atoms with Crippen molar-refractivity contribution in [2.75, 3.05) is 52.4 Å². The molecule has 0 unspecified atom stereocenters. The normalized spacial score (nSPS) is 15.1. The summed E-state index contributed by atoms with van der Waals surface area (Å²) in [5.74, 6) is 3.32. The van der Waals surface area contributed by atoms with E-state index in [0.717, 1.165) is 80.5 Å². The smallest absolute Gasteiger partial charge is 0.168 e. The minimum Gasteiger partial charge on any atom is -0.497 e.